The molecule has 1 aliphatic rings. The number of rotatable bonds is 4. The highest BCUT2D eigenvalue weighted by Gasteiger charge is 2.43. The summed E-state index contributed by atoms with van der Waals surface area (Å²) in [5.41, 5.74) is 0.658. The third kappa shape index (κ3) is 5.06. The van der Waals surface area contributed by atoms with Crippen molar-refractivity contribution in [2.75, 3.05) is 6.61 Å². The van der Waals surface area contributed by atoms with E-state index in [0.29, 0.717) is 29.1 Å². The molecule has 0 saturated carbocycles. The molecule has 0 aliphatic carbocycles. The van der Waals surface area contributed by atoms with Crippen LogP contribution < -0.4 is 14.8 Å². The summed E-state index contributed by atoms with van der Waals surface area (Å²) in [4.78, 5) is 30.5. The van der Waals surface area contributed by atoms with Crippen molar-refractivity contribution in [3.63, 3.8) is 0 Å². The second-order valence-electron chi connectivity index (χ2n) is 7.58. The maximum atomic E-state index is 13.3. The van der Waals surface area contributed by atoms with Gasteiger partial charge in [-0.05, 0) is 42.0 Å². The molecule has 0 spiro atoms. The number of halogens is 3. The predicted octanol–water partition coefficient (Wildman–Crippen LogP) is 3.78. The Kier molecular flexibility index (Phi) is 6.77. The average Bonchev–Trinajstić information content (AvgIpc) is 3.29. The number of carbonyl (C=O) groups is 2. The van der Waals surface area contributed by atoms with Crippen molar-refractivity contribution < 1.29 is 37.3 Å². The van der Waals surface area contributed by atoms with E-state index in [1.807, 2.05) is 12.1 Å². The van der Waals surface area contributed by atoms with Crippen LogP contribution >= 0.6 is 0 Å². The van der Waals surface area contributed by atoms with Crippen LogP contribution in [0.1, 0.15) is 28.2 Å². The quantitative estimate of drug-likeness (QED) is 0.410. The van der Waals surface area contributed by atoms with Gasteiger partial charge >= 0.3 is 6.36 Å². The standard InChI is InChI=1S/C23H17F3N4O3.CH2O2/c24-23(25,26)33-16-8-6-15(7-9-16)22(10-13-32-18-4-3-11-27-20(18)22)29-21(31)17-14-30-12-2-1-5-19(30)28-17;2-1-3/h1-9,11-12,14H,10,13H2,(H,29,31);1H,(H,2,3)/t22-;/m0./s1. The molecule has 0 bridgehead atoms. The van der Waals surface area contributed by atoms with Crippen LogP contribution in [0.3, 0.4) is 0 Å². The third-order valence-corrected chi connectivity index (χ3v) is 5.41. The smallest absolute Gasteiger partial charge is 0.491 e. The third-order valence-electron chi connectivity index (χ3n) is 5.41. The number of benzene rings is 1. The van der Waals surface area contributed by atoms with Gasteiger partial charge < -0.3 is 24.3 Å². The Bertz CT molecular complexity index is 1340. The molecular weight excluding hydrogens is 481 g/mol. The summed E-state index contributed by atoms with van der Waals surface area (Å²) < 4.78 is 49.2. The summed E-state index contributed by atoms with van der Waals surface area (Å²) in [7, 11) is 0. The van der Waals surface area contributed by atoms with E-state index >= 15 is 0 Å². The zero-order valence-electron chi connectivity index (χ0n) is 18.5. The first kappa shape index (κ1) is 24.5. The van der Waals surface area contributed by atoms with Crippen molar-refractivity contribution >= 4 is 18.0 Å². The maximum Gasteiger partial charge on any atom is 0.573 e. The Morgan fingerprint density at radius 2 is 1.92 bits per heavy atom. The van der Waals surface area contributed by atoms with Crippen molar-refractivity contribution in [1.29, 1.82) is 0 Å². The number of pyridine rings is 2. The second kappa shape index (κ2) is 9.94. The fraction of sp³-hybridized carbons (Fsp3) is 0.167. The van der Waals surface area contributed by atoms with Crippen molar-refractivity contribution in [3.8, 4) is 11.5 Å². The number of fused-ring (bicyclic) bond motifs is 2. The lowest BCUT2D eigenvalue weighted by atomic mass is 9.81. The summed E-state index contributed by atoms with van der Waals surface area (Å²) in [6.45, 7) is 0.0188. The van der Waals surface area contributed by atoms with Crippen LogP contribution in [-0.2, 0) is 10.3 Å². The van der Waals surface area contributed by atoms with Crippen LogP contribution in [0.4, 0.5) is 13.2 Å². The highest BCUT2D eigenvalue weighted by molar-refractivity contribution is 5.94. The fourth-order valence-electron chi connectivity index (χ4n) is 3.98. The first-order valence-corrected chi connectivity index (χ1v) is 10.5. The SMILES string of the molecule is O=C(N[C@]1(c2ccc(OC(F)(F)F)cc2)CCOc2cccnc21)c1cn2ccccc2n1.O=CO. The lowest BCUT2D eigenvalue weighted by Crippen LogP contribution is -2.50. The molecule has 12 heteroatoms. The summed E-state index contributed by atoms with van der Waals surface area (Å²) in [6, 6.07) is 14.2. The Hall–Kier alpha value is -4.61. The van der Waals surface area contributed by atoms with E-state index in [1.54, 1.807) is 41.2 Å². The zero-order chi connectivity index (χ0) is 25.8. The van der Waals surface area contributed by atoms with Crippen LogP contribution in [0.2, 0.25) is 0 Å². The number of aromatic nitrogens is 3. The Morgan fingerprint density at radius 3 is 2.61 bits per heavy atom. The van der Waals surface area contributed by atoms with Crippen molar-refractivity contribution in [1.82, 2.24) is 19.7 Å². The number of hydrogen-bond acceptors (Lipinski definition) is 6. The van der Waals surface area contributed by atoms with E-state index in [9.17, 15) is 18.0 Å². The number of hydrogen-bond donors (Lipinski definition) is 2. The highest BCUT2D eigenvalue weighted by Crippen LogP contribution is 2.41. The molecule has 4 heterocycles. The van der Waals surface area contributed by atoms with Gasteiger partial charge in [-0.25, -0.2) is 4.98 Å². The Balaban J connectivity index is 0.000000967. The lowest BCUT2D eigenvalue weighted by molar-refractivity contribution is -0.274. The van der Waals surface area contributed by atoms with Gasteiger partial charge in [-0.15, -0.1) is 13.2 Å². The van der Waals surface area contributed by atoms with E-state index in [2.05, 4.69) is 20.0 Å². The average molecular weight is 500 g/mol. The number of ether oxygens (including phenoxy) is 2. The second-order valence-corrected chi connectivity index (χ2v) is 7.58. The normalized spacial score (nSPS) is 16.6. The van der Waals surface area contributed by atoms with E-state index in [4.69, 9.17) is 14.6 Å². The number of alkyl halides is 3. The molecule has 1 amide bonds. The molecule has 1 aliphatic heterocycles. The minimum absolute atomic E-state index is 0.196. The molecule has 1 atom stereocenters. The summed E-state index contributed by atoms with van der Waals surface area (Å²) in [5.74, 6) is -0.330. The van der Waals surface area contributed by atoms with Gasteiger partial charge in [0.15, 0.2) is 0 Å². The fourth-order valence-corrected chi connectivity index (χ4v) is 3.98. The molecule has 5 rings (SSSR count). The highest BCUT2D eigenvalue weighted by atomic mass is 19.4. The van der Waals surface area contributed by atoms with Gasteiger partial charge in [0.2, 0.25) is 0 Å². The number of imidazole rings is 1. The van der Waals surface area contributed by atoms with Crippen LogP contribution in [0, 0.1) is 0 Å². The van der Waals surface area contributed by atoms with Crippen LogP contribution in [0.15, 0.2) is 73.2 Å². The van der Waals surface area contributed by atoms with Gasteiger partial charge in [-0.2, -0.15) is 0 Å². The number of carboxylic acid groups (broad SMARTS) is 1. The van der Waals surface area contributed by atoms with Crippen molar-refractivity contribution in [2.45, 2.75) is 18.3 Å². The van der Waals surface area contributed by atoms with Gasteiger partial charge in [-0.3, -0.25) is 14.6 Å². The zero-order valence-corrected chi connectivity index (χ0v) is 18.5. The van der Waals surface area contributed by atoms with Crippen molar-refractivity contribution in [2.24, 2.45) is 0 Å². The number of amides is 1. The molecule has 0 saturated heterocycles. The van der Waals surface area contributed by atoms with E-state index in [-0.39, 0.29) is 24.5 Å². The Morgan fingerprint density at radius 1 is 1.17 bits per heavy atom. The van der Waals surface area contributed by atoms with Crippen molar-refractivity contribution in [3.05, 3.63) is 90.1 Å². The largest absolute Gasteiger partial charge is 0.573 e. The first-order chi connectivity index (χ1) is 17.3. The summed E-state index contributed by atoms with van der Waals surface area (Å²) in [6.07, 6.45) is 0.469. The maximum absolute atomic E-state index is 13.3. The van der Waals surface area contributed by atoms with Gasteiger partial charge in [0.1, 0.15) is 34.1 Å². The van der Waals surface area contributed by atoms with Gasteiger partial charge in [0, 0.05) is 25.0 Å². The minimum atomic E-state index is -4.80. The lowest BCUT2D eigenvalue weighted by Gasteiger charge is -2.38. The molecule has 0 unspecified atom stereocenters. The van der Waals surface area contributed by atoms with Crippen LogP contribution in [0.5, 0.6) is 11.5 Å². The number of carbonyl (C=O) groups excluding carboxylic acids is 1. The predicted molar refractivity (Wildman–Crippen MR) is 120 cm³/mol. The molecule has 0 radical (unpaired) electrons. The molecule has 2 N–H and O–H groups in total. The number of nitrogens with one attached hydrogen (secondary N) is 1. The minimum Gasteiger partial charge on any atom is -0.491 e. The molecule has 9 nitrogen and oxygen atoms in total. The van der Waals surface area contributed by atoms with Gasteiger partial charge in [0.25, 0.3) is 12.4 Å². The molecule has 1 aromatic carbocycles. The molecular formula is C24H19F3N4O5. The topological polar surface area (TPSA) is 115 Å². The molecule has 186 valence electrons. The number of nitrogens with zero attached hydrogens (tertiary/aromatic N) is 3. The van der Waals surface area contributed by atoms with Crippen LogP contribution in [0.25, 0.3) is 5.65 Å². The van der Waals surface area contributed by atoms with Gasteiger partial charge in [-0.1, -0.05) is 18.2 Å². The van der Waals surface area contributed by atoms with Gasteiger partial charge in [0.05, 0.1) is 6.61 Å². The van der Waals surface area contributed by atoms with Crippen LogP contribution in [-0.4, -0.2) is 44.8 Å². The summed E-state index contributed by atoms with van der Waals surface area (Å²) in [5, 5.41) is 9.92. The van der Waals surface area contributed by atoms with E-state index in [1.165, 1.54) is 24.3 Å². The Labute approximate surface area is 202 Å². The van der Waals surface area contributed by atoms with E-state index < -0.39 is 17.8 Å². The molecule has 36 heavy (non-hydrogen) atoms. The monoisotopic (exact) mass is 500 g/mol. The molecule has 4 aromatic rings. The first-order valence-electron chi connectivity index (χ1n) is 10.5. The summed E-state index contributed by atoms with van der Waals surface area (Å²) >= 11 is 0. The molecule has 3 aromatic heterocycles. The molecule has 0 fully saturated rings. The van der Waals surface area contributed by atoms with E-state index in [0.717, 1.165) is 0 Å².